The molecule has 0 aliphatic heterocycles. The van der Waals surface area contributed by atoms with Crippen LogP contribution in [0.4, 0.5) is 0 Å². The molecule has 1 aliphatic rings. The Hall–Kier alpha value is 0.400. The van der Waals surface area contributed by atoms with Gasteiger partial charge >= 0.3 is 0 Å². The molecule has 0 spiro atoms. The lowest BCUT2D eigenvalue weighted by Crippen LogP contribution is -2.20. The average Bonchev–Trinajstić information content (AvgIpc) is 2.17. The van der Waals surface area contributed by atoms with Gasteiger partial charge in [0, 0.05) is 23.6 Å². The summed E-state index contributed by atoms with van der Waals surface area (Å²) in [4.78, 5) is 0. The van der Waals surface area contributed by atoms with E-state index in [1.54, 1.807) is 0 Å². The molecule has 13 heavy (non-hydrogen) atoms. The number of rotatable bonds is 4. The Morgan fingerprint density at radius 1 is 1.31 bits per heavy atom. The lowest BCUT2D eigenvalue weighted by Gasteiger charge is -2.25. The van der Waals surface area contributed by atoms with E-state index in [0.717, 1.165) is 13.1 Å². The fraction of sp³-hybridized carbons (Fsp3) is 0.800. The van der Waals surface area contributed by atoms with Crippen LogP contribution in [0.1, 0.15) is 26.7 Å². The molecular weight excluding hydrogens is 198 g/mol. The monoisotopic (exact) mass is 217 g/mol. The van der Waals surface area contributed by atoms with E-state index in [0.29, 0.717) is 10.5 Å². The Bertz CT molecular complexity index is 166. The van der Waals surface area contributed by atoms with Crippen molar-refractivity contribution in [3.63, 3.8) is 0 Å². The first kappa shape index (κ1) is 11.5. The van der Waals surface area contributed by atoms with Crippen LogP contribution in [0.25, 0.3) is 0 Å². The molecule has 0 bridgehead atoms. The second-order valence-electron chi connectivity index (χ2n) is 3.29. The minimum absolute atomic E-state index is 0.494. The van der Waals surface area contributed by atoms with Crippen LogP contribution in [0, 0.1) is 0 Å². The zero-order valence-corrected chi connectivity index (χ0v) is 10.2. The van der Waals surface area contributed by atoms with Crippen LogP contribution in [0.5, 0.6) is 0 Å². The first-order valence-electron chi connectivity index (χ1n) is 5.04. The van der Waals surface area contributed by atoms with Gasteiger partial charge in [-0.1, -0.05) is 37.9 Å². The Morgan fingerprint density at radius 3 is 2.46 bits per heavy atom. The third-order valence-corrected chi connectivity index (χ3v) is 4.19. The fourth-order valence-electron chi connectivity index (χ4n) is 1.43. The average molecular weight is 217 g/mol. The van der Waals surface area contributed by atoms with Gasteiger partial charge in [0.15, 0.2) is 0 Å². The lowest BCUT2D eigenvalue weighted by molar-refractivity contribution is 0.520. The Balaban J connectivity index is 2.32. The largest absolute Gasteiger partial charge is 0.251 e. The molecule has 2 atom stereocenters. The molecule has 3 heteroatoms. The molecule has 0 heterocycles. The smallest absolute Gasteiger partial charge is 0.0375 e. The van der Waals surface area contributed by atoms with Crippen LogP contribution >= 0.6 is 24.6 Å². The van der Waals surface area contributed by atoms with Crippen molar-refractivity contribution in [1.82, 2.24) is 4.31 Å². The van der Waals surface area contributed by atoms with Gasteiger partial charge in [0.2, 0.25) is 0 Å². The van der Waals surface area contributed by atoms with Gasteiger partial charge in [0.05, 0.1) is 0 Å². The highest BCUT2D eigenvalue weighted by Gasteiger charge is 2.15. The van der Waals surface area contributed by atoms with Crippen LogP contribution < -0.4 is 0 Å². The molecule has 0 aromatic carbocycles. The van der Waals surface area contributed by atoms with Crippen molar-refractivity contribution in [1.29, 1.82) is 0 Å². The van der Waals surface area contributed by atoms with Crippen LogP contribution in [0.2, 0.25) is 0 Å². The van der Waals surface area contributed by atoms with E-state index in [1.807, 2.05) is 11.9 Å². The van der Waals surface area contributed by atoms with Gasteiger partial charge in [0.25, 0.3) is 0 Å². The van der Waals surface area contributed by atoms with Crippen LogP contribution in [-0.2, 0) is 0 Å². The van der Waals surface area contributed by atoms with Crippen molar-refractivity contribution in [2.45, 2.75) is 37.2 Å². The molecule has 0 N–H and O–H groups in total. The molecule has 0 saturated carbocycles. The zero-order valence-electron chi connectivity index (χ0n) is 8.44. The van der Waals surface area contributed by atoms with Crippen molar-refractivity contribution in [3.05, 3.63) is 12.2 Å². The SMILES string of the molecule is CCN(CC)SC1C=CC(S)CC1. The summed E-state index contributed by atoms with van der Waals surface area (Å²) in [5, 5.41) is 1.18. The van der Waals surface area contributed by atoms with Gasteiger partial charge in [0.1, 0.15) is 0 Å². The molecule has 2 unspecified atom stereocenters. The van der Waals surface area contributed by atoms with Gasteiger partial charge in [-0.25, -0.2) is 0 Å². The summed E-state index contributed by atoms with van der Waals surface area (Å²) in [6.45, 7) is 6.69. The third-order valence-electron chi connectivity index (χ3n) is 2.28. The highest BCUT2D eigenvalue weighted by molar-refractivity contribution is 7.97. The van der Waals surface area contributed by atoms with E-state index in [4.69, 9.17) is 0 Å². The van der Waals surface area contributed by atoms with E-state index in [2.05, 4.69) is 42.9 Å². The molecule has 0 aromatic rings. The first-order valence-corrected chi connectivity index (χ1v) is 6.39. The first-order chi connectivity index (χ1) is 6.26. The van der Waals surface area contributed by atoms with E-state index in [1.165, 1.54) is 12.8 Å². The molecule has 1 nitrogen and oxygen atoms in total. The summed E-state index contributed by atoms with van der Waals surface area (Å²) in [5.74, 6) is 0. The fourth-order valence-corrected chi connectivity index (χ4v) is 2.76. The number of hydrogen-bond donors (Lipinski definition) is 1. The molecule has 76 valence electrons. The molecule has 0 aromatic heterocycles. The molecule has 0 amide bonds. The maximum Gasteiger partial charge on any atom is 0.0375 e. The van der Waals surface area contributed by atoms with Crippen molar-refractivity contribution in [2.24, 2.45) is 0 Å². The Kier molecular flexibility index (Phi) is 5.29. The minimum Gasteiger partial charge on any atom is -0.251 e. The summed E-state index contributed by atoms with van der Waals surface area (Å²) >= 11 is 6.41. The van der Waals surface area contributed by atoms with Gasteiger partial charge in [-0.2, -0.15) is 12.6 Å². The third kappa shape index (κ3) is 3.96. The summed E-state index contributed by atoms with van der Waals surface area (Å²) in [7, 11) is 0. The van der Waals surface area contributed by atoms with E-state index < -0.39 is 0 Å². The highest BCUT2D eigenvalue weighted by Crippen LogP contribution is 2.27. The quantitative estimate of drug-likeness (QED) is 0.438. The summed E-state index contributed by atoms with van der Waals surface area (Å²) < 4.78 is 2.41. The molecule has 1 rings (SSSR count). The van der Waals surface area contributed by atoms with Crippen molar-refractivity contribution >= 4 is 24.6 Å². The van der Waals surface area contributed by atoms with Crippen LogP contribution in [0.15, 0.2) is 12.2 Å². The van der Waals surface area contributed by atoms with Crippen LogP contribution in [0.3, 0.4) is 0 Å². The standard InChI is InChI=1S/C10H19NS2/c1-3-11(4-2)13-10-7-5-9(12)6-8-10/h5,7,9-10,12H,3-4,6,8H2,1-2H3. The number of nitrogens with zero attached hydrogens (tertiary/aromatic N) is 1. The molecular formula is C10H19NS2. The molecule has 0 fully saturated rings. The van der Waals surface area contributed by atoms with Crippen molar-refractivity contribution in [2.75, 3.05) is 13.1 Å². The van der Waals surface area contributed by atoms with Gasteiger partial charge in [-0.05, 0) is 12.8 Å². The lowest BCUT2D eigenvalue weighted by atomic mass is 10.1. The molecule has 0 radical (unpaired) electrons. The maximum atomic E-state index is 4.43. The predicted molar refractivity (Wildman–Crippen MR) is 65.4 cm³/mol. The zero-order chi connectivity index (χ0) is 9.68. The number of thiol groups is 1. The summed E-state index contributed by atoms with van der Waals surface area (Å²) in [6.07, 6.45) is 7.03. The minimum atomic E-state index is 0.494. The van der Waals surface area contributed by atoms with Gasteiger partial charge in [-0.3, -0.25) is 4.31 Å². The van der Waals surface area contributed by atoms with Crippen LogP contribution in [-0.4, -0.2) is 27.9 Å². The molecule has 0 saturated heterocycles. The Labute approximate surface area is 91.5 Å². The maximum absolute atomic E-state index is 4.43. The van der Waals surface area contributed by atoms with Gasteiger partial charge < -0.3 is 0 Å². The van der Waals surface area contributed by atoms with E-state index >= 15 is 0 Å². The second kappa shape index (κ2) is 5.99. The normalized spacial score (nSPS) is 28.3. The molecule has 1 aliphatic carbocycles. The predicted octanol–water partition coefficient (Wildman–Crippen LogP) is 2.99. The topological polar surface area (TPSA) is 3.24 Å². The summed E-state index contributed by atoms with van der Waals surface area (Å²) in [5.41, 5.74) is 0. The highest BCUT2D eigenvalue weighted by atomic mass is 32.2. The Morgan fingerprint density at radius 2 is 2.00 bits per heavy atom. The van der Waals surface area contributed by atoms with Crippen molar-refractivity contribution in [3.8, 4) is 0 Å². The van der Waals surface area contributed by atoms with E-state index in [-0.39, 0.29) is 0 Å². The van der Waals surface area contributed by atoms with E-state index in [9.17, 15) is 0 Å². The van der Waals surface area contributed by atoms with Crippen molar-refractivity contribution < 1.29 is 0 Å². The number of hydrogen-bond acceptors (Lipinski definition) is 3. The second-order valence-corrected chi connectivity index (χ2v) is 5.28. The van der Waals surface area contributed by atoms with Gasteiger partial charge in [-0.15, -0.1) is 0 Å². The summed E-state index contributed by atoms with van der Waals surface area (Å²) in [6, 6.07) is 0.